The molecule has 2 rings (SSSR count). The highest BCUT2D eigenvalue weighted by Crippen LogP contribution is 2.25. The van der Waals surface area contributed by atoms with Crippen LogP contribution in [0.15, 0.2) is 0 Å². The zero-order valence-corrected chi connectivity index (χ0v) is 17.6. The predicted octanol–water partition coefficient (Wildman–Crippen LogP) is -2.61. The van der Waals surface area contributed by atoms with E-state index in [2.05, 4.69) is 0 Å². The Morgan fingerprint density at radius 3 is 2.35 bits per heavy atom. The minimum Gasteiger partial charge on any atom is -0.466 e. The number of ether oxygens (including phenoxy) is 5. The molecule has 0 aromatic carbocycles. The fourth-order valence-corrected chi connectivity index (χ4v) is 3.18. The third-order valence-electron chi connectivity index (χ3n) is 5.13. The summed E-state index contributed by atoms with van der Waals surface area (Å²) < 4.78 is 26.5. The molecular formula is C19H34O12. The Morgan fingerprint density at radius 2 is 1.68 bits per heavy atom. The molecule has 182 valence electrons. The summed E-state index contributed by atoms with van der Waals surface area (Å²) in [4.78, 5) is 11.8. The fourth-order valence-electron chi connectivity index (χ4n) is 3.18. The highest BCUT2D eigenvalue weighted by atomic mass is 16.7. The number of carbonyl (C=O) groups excluding carboxylic acids is 1. The summed E-state index contributed by atoms with van der Waals surface area (Å²) in [6.07, 6.45) is -12.0. The first-order chi connectivity index (χ1) is 14.6. The number of aliphatic hydroxyl groups is 6. The lowest BCUT2D eigenvalue weighted by Gasteiger charge is -2.42. The lowest BCUT2D eigenvalue weighted by Crippen LogP contribution is -2.60. The lowest BCUT2D eigenvalue weighted by atomic mass is 9.99. The maximum atomic E-state index is 11.8. The number of aliphatic hydroxyl groups excluding tert-OH is 6. The normalized spacial score (nSPS) is 39.8. The zero-order valence-electron chi connectivity index (χ0n) is 17.6. The molecule has 0 bridgehead atoms. The molecule has 0 aliphatic carbocycles. The van der Waals surface area contributed by atoms with Crippen molar-refractivity contribution in [2.24, 2.45) is 0 Å². The van der Waals surface area contributed by atoms with E-state index in [-0.39, 0.29) is 19.6 Å². The van der Waals surface area contributed by atoms with E-state index in [1.165, 1.54) is 0 Å². The van der Waals surface area contributed by atoms with Crippen molar-refractivity contribution in [3.63, 3.8) is 0 Å². The molecule has 0 aromatic heterocycles. The van der Waals surface area contributed by atoms with Gasteiger partial charge >= 0.3 is 5.97 Å². The van der Waals surface area contributed by atoms with E-state index in [1.54, 1.807) is 6.92 Å². The number of hydrogen-bond donors (Lipinski definition) is 6. The van der Waals surface area contributed by atoms with Gasteiger partial charge in [-0.15, -0.1) is 0 Å². The van der Waals surface area contributed by atoms with Crippen LogP contribution in [0.25, 0.3) is 0 Å². The van der Waals surface area contributed by atoms with E-state index >= 15 is 0 Å². The van der Waals surface area contributed by atoms with Crippen LogP contribution < -0.4 is 0 Å². The van der Waals surface area contributed by atoms with Gasteiger partial charge in [-0.1, -0.05) is 13.3 Å². The number of unbranched alkanes of at least 4 members (excludes halogenated alkanes) is 1. The molecule has 6 N–H and O–H groups in total. The Bertz CT molecular complexity index is 548. The van der Waals surface area contributed by atoms with Gasteiger partial charge < -0.3 is 54.3 Å². The van der Waals surface area contributed by atoms with E-state index in [4.69, 9.17) is 23.7 Å². The number of hydrogen-bond acceptors (Lipinski definition) is 12. The summed E-state index contributed by atoms with van der Waals surface area (Å²) in [6, 6.07) is 0. The number of esters is 1. The molecule has 2 fully saturated rings. The van der Waals surface area contributed by atoms with E-state index in [0.717, 1.165) is 12.8 Å². The van der Waals surface area contributed by atoms with Crippen LogP contribution >= 0.6 is 0 Å². The molecule has 0 aromatic rings. The molecule has 0 amide bonds. The third kappa shape index (κ3) is 7.29. The standard InChI is InChI=1S/C19H34O12/c1-3-4-5-27-12(21)6-9(2)30-19-17(26)15(24)14(23)11(31-19)8-29-18-16(25)13(22)10(20)7-28-18/h9-11,13-20,22-26H,3-8H2,1-2H3. The minimum absolute atomic E-state index is 0.0988. The Kier molecular flexibility index (Phi) is 10.5. The molecule has 10 atom stereocenters. The van der Waals surface area contributed by atoms with Crippen molar-refractivity contribution in [1.82, 2.24) is 0 Å². The molecule has 12 heteroatoms. The molecule has 0 radical (unpaired) electrons. The summed E-state index contributed by atoms with van der Waals surface area (Å²) >= 11 is 0. The van der Waals surface area contributed by atoms with Crippen molar-refractivity contribution in [3.8, 4) is 0 Å². The van der Waals surface area contributed by atoms with Crippen molar-refractivity contribution in [3.05, 3.63) is 0 Å². The summed E-state index contributed by atoms with van der Waals surface area (Å²) in [7, 11) is 0. The highest BCUT2D eigenvalue weighted by Gasteiger charge is 2.46. The van der Waals surface area contributed by atoms with Crippen molar-refractivity contribution < 1.29 is 59.1 Å². The molecular weight excluding hydrogens is 420 g/mol. The van der Waals surface area contributed by atoms with Gasteiger partial charge in [0.25, 0.3) is 0 Å². The van der Waals surface area contributed by atoms with E-state index in [1.807, 2.05) is 6.92 Å². The summed E-state index contributed by atoms with van der Waals surface area (Å²) in [6.45, 7) is 3.18. The molecule has 2 heterocycles. The van der Waals surface area contributed by atoms with E-state index in [9.17, 15) is 35.4 Å². The summed E-state index contributed by atoms with van der Waals surface area (Å²) in [5.41, 5.74) is 0. The molecule has 2 aliphatic rings. The van der Waals surface area contributed by atoms with Crippen molar-refractivity contribution in [1.29, 1.82) is 0 Å². The summed E-state index contributed by atoms with van der Waals surface area (Å²) in [5, 5.41) is 59.5. The number of carbonyl (C=O) groups is 1. The van der Waals surface area contributed by atoms with Crippen LogP contribution in [0, 0.1) is 0 Å². The first kappa shape index (κ1) is 26.3. The van der Waals surface area contributed by atoms with Gasteiger partial charge in [-0.05, 0) is 13.3 Å². The van der Waals surface area contributed by atoms with E-state index < -0.39 is 67.4 Å². The summed E-state index contributed by atoms with van der Waals surface area (Å²) in [5.74, 6) is -0.476. The maximum absolute atomic E-state index is 11.8. The van der Waals surface area contributed by atoms with Crippen LogP contribution in [0.4, 0.5) is 0 Å². The van der Waals surface area contributed by atoms with Crippen LogP contribution in [0.3, 0.4) is 0 Å². The molecule has 2 aliphatic heterocycles. The van der Waals surface area contributed by atoms with Crippen LogP contribution in [0.1, 0.15) is 33.1 Å². The topological polar surface area (TPSA) is 185 Å². The van der Waals surface area contributed by atoms with Gasteiger partial charge in [-0.3, -0.25) is 4.79 Å². The zero-order chi connectivity index (χ0) is 23.1. The third-order valence-corrected chi connectivity index (χ3v) is 5.13. The van der Waals surface area contributed by atoms with Crippen LogP contribution in [0.2, 0.25) is 0 Å². The first-order valence-electron chi connectivity index (χ1n) is 10.4. The smallest absolute Gasteiger partial charge is 0.308 e. The maximum Gasteiger partial charge on any atom is 0.308 e. The minimum atomic E-state index is -1.62. The van der Waals surface area contributed by atoms with Gasteiger partial charge in [0.15, 0.2) is 12.6 Å². The molecule has 12 nitrogen and oxygen atoms in total. The van der Waals surface area contributed by atoms with Crippen molar-refractivity contribution in [2.75, 3.05) is 19.8 Å². The van der Waals surface area contributed by atoms with Gasteiger partial charge in [-0.2, -0.15) is 0 Å². The van der Waals surface area contributed by atoms with E-state index in [0.29, 0.717) is 6.61 Å². The Balaban J connectivity index is 1.87. The quantitative estimate of drug-likeness (QED) is 0.149. The average molecular weight is 454 g/mol. The number of rotatable bonds is 10. The molecule has 0 spiro atoms. The average Bonchev–Trinajstić information content (AvgIpc) is 2.72. The Morgan fingerprint density at radius 1 is 1.00 bits per heavy atom. The second-order valence-electron chi connectivity index (χ2n) is 7.82. The lowest BCUT2D eigenvalue weighted by molar-refractivity contribution is -0.326. The second kappa shape index (κ2) is 12.3. The van der Waals surface area contributed by atoms with Crippen molar-refractivity contribution >= 4 is 5.97 Å². The molecule has 31 heavy (non-hydrogen) atoms. The Labute approximate surface area is 180 Å². The van der Waals surface area contributed by atoms with Gasteiger partial charge in [0.1, 0.15) is 42.7 Å². The van der Waals surface area contributed by atoms with Crippen LogP contribution in [0.5, 0.6) is 0 Å². The van der Waals surface area contributed by atoms with Gasteiger partial charge in [0.05, 0.1) is 32.3 Å². The van der Waals surface area contributed by atoms with Gasteiger partial charge in [0, 0.05) is 0 Å². The largest absolute Gasteiger partial charge is 0.466 e. The first-order valence-corrected chi connectivity index (χ1v) is 10.4. The van der Waals surface area contributed by atoms with Gasteiger partial charge in [0.2, 0.25) is 0 Å². The van der Waals surface area contributed by atoms with Gasteiger partial charge in [-0.25, -0.2) is 0 Å². The van der Waals surface area contributed by atoms with Crippen LogP contribution in [-0.2, 0) is 28.5 Å². The van der Waals surface area contributed by atoms with Crippen LogP contribution in [-0.4, -0.2) is 118 Å². The highest BCUT2D eigenvalue weighted by molar-refractivity contribution is 5.69. The SMILES string of the molecule is CCCCOC(=O)CC(C)OC1OC(COC2OCC(O)C(O)C2O)C(O)C(O)C1O. The second-order valence-corrected chi connectivity index (χ2v) is 7.82. The predicted molar refractivity (Wildman–Crippen MR) is 101 cm³/mol. The van der Waals surface area contributed by atoms with Crippen molar-refractivity contribution in [2.45, 2.75) is 94.5 Å². The molecule has 10 unspecified atom stereocenters. The molecule has 0 saturated carbocycles. The molecule has 2 saturated heterocycles. The Hall–Kier alpha value is -0.930. The monoisotopic (exact) mass is 454 g/mol. The fraction of sp³-hybridized carbons (Fsp3) is 0.947.